The van der Waals surface area contributed by atoms with E-state index in [4.69, 9.17) is 14.5 Å². The molecule has 0 radical (unpaired) electrons. The molecule has 4 heterocycles. The third-order valence-electron chi connectivity index (χ3n) is 6.96. The fourth-order valence-corrected chi connectivity index (χ4v) is 4.67. The van der Waals surface area contributed by atoms with E-state index in [0.29, 0.717) is 34.9 Å². The number of hydrogen-bond donors (Lipinski definition) is 2. The summed E-state index contributed by atoms with van der Waals surface area (Å²) in [5.74, 6) is 1.19. The van der Waals surface area contributed by atoms with Crippen LogP contribution in [0.5, 0.6) is 11.6 Å². The Hall–Kier alpha value is -4.05. The minimum atomic E-state index is -0.493. The predicted octanol–water partition coefficient (Wildman–Crippen LogP) is 5.01. The van der Waals surface area contributed by atoms with E-state index in [9.17, 15) is 9.18 Å². The molecule has 3 aromatic heterocycles. The Morgan fingerprint density at radius 3 is 2.76 bits per heavy atom. The van der Waals surface area contributed by atoms with E-state index in [0.717, 1.165) is 68.3 Å². The summed E-state index contributed by atoms with van der Waals surface area (Å²) in [4.78, 5) is 21.2. The van der Waals surface area contributed by atoms with Crippen molar-refractivity contribution in [1.82, 2.24) is 24.9 Å². The van der Waals surface area contributed by atoms with Gasteiger partial charge in [-0.25, -0.2) is 4.39 Å². The average Bonchev–Trinajstić information content (AvgIpc) is 3.63. The monoisotopic (exact) mass is 518 g/mol. The number of aromatic nitrogens is 4. The second kappa shape index (κ2) is 10.4. The highest BCUT2D eigenvalue weighted by Gasteiger charge is 2.25. The third kappa shape index (κ3) is 5.31. The summed E-state index contributed by atoms with van der Waals surface area (Å²) in [6, 6.07) is 9.04. The smallest absolute Gasteiger partial charge is 0.251 e. The number of nitrogens with one attached hydrogen (secondary N) is 2. The largest absolute Gasteiger partial charge is 0.437 e. The Bertz CT molecular complexity index is 1490. The fraction of sp³-hybridized carbons (Fsp3) is 0.357. The first-order valence-corrected chi connectivity index (χ1v) is 12.9. The summed E-state index contributed by atoms with van der Waals surface area (Å²) in [5, 5.41) is 11.2. The van der Waals surface area contributed by atoms with Gasteiger partial charge in [0.15, 0.2) is 11.4 Å². The molecule has 1 saturated carbocycles. The van der Waals surface area contributed by atoms with Crippen molar-refractivity contribution in [3.05, 3.63) is 65.9 Å². The van der Waals surface area contributed by atoms with Gasteiger partial charge in [-0.2, -0.15) is 14.6 Å². The van der Waals surface area contributed by atoms with Crippen LogP contribution in [0.3, 0.4) is 0 Å². The zero-order valence-electron chi connectivity index (χ0n) is 21.1. The van der Waals surface area contributed by atoms with Crippen LogP contribution in [0.1, 0.15) is 43.0 Å². The van der Waals surface area contributed by atoms with E-state index in [1.165, 1.54) is 12.3 Å². The van der Waals surface area contributed by atoms with E-state index in [2.05, 4.69) is 20.7 Å². The second-order valence-corrected chi connectivity index (χ2v) is 9.93. The van der Waals surface area contributed by atoms with Crippen molar-refractivity contribution < 1.29 is 20.1 Å². The molecule has 2 fully saturated rings. The van der Waals surface area contributed by atoms with Gasteiger partial charge in [0.1, 0.15) is 11.6 Å². The lowest BCUT2D eigenvalue weighted by Crippen LogP contribution is -2.26. The number of nitrogens with zero attached hydrogens (tertiary/aromatic N) is 4. The number of halogens is 1. The predicted molar refractivity (Wildman–Crippen MR) is 142 cm³/mol. The minimum absolute atomic E-state index is 0. The van der Waals surface area contributed by atoms with Crippen LogP contribution >= 0.6 is 0 Å². The van der Waals surface area contributed by atoms with Crippen molar-refractivity contribution in [2.24, 2.45) is 5.92 Å². The lowest BCUT2D eigenvalue weighted by molar-refractivity contribution is 0.0699. The van der Waals surface area contributed by atoms with Gasteiger partial charge >= 0.3 is 0 Å². The number of ether oxygens (including phenoxy) is 2. The van der Waals surface area contributed by atoms with Gasteiger partial charge in [-0.15, -0.1) is 0 Å². The zero-order chi connectivity index (χ0) is 26.1. The number of carbonyl (C=O) groups excluding carboxylic acids is 1. The first kappa shape index (κ1) is 24.3. The molecule has 0 spiro atoms. The van der Waals surface area contributed by atoms with Crippen molar-refractivity contribution in [1.29, 1.82) is 0 Å². The first-order valence-electron chi connectivity index (χ1n) is 12.9. The maximum atomic E-state index is 13.7. The molecule has 38 heavy (non-hydrogen) atoms. The number of amides is 1. The van der Waals surface area contributed by atoms with Crippen LogP contribution in [0.15, 0.2) is 48.9 Å². The van der Waals surface area contributed by atoms with Crippen LogP contribution in [0.4, 0.5) is 10.2 Å². The molecule has 10 heteroatoms. The van der Waals surface area contributed by atoms with Gasteiger partial charge < -0.3 is 20.1 Å². The van der Waals surface area contributed by atoms with Crippen LogP contribution in [-0.2, 0) is 4.74 Å². The Kier molecular flexibility index (Phi) is 6.63. The highest BCUT2D eigenvalue weighted by atomic mass is 19.1. The average molecular weight is 519 g/mol. The standard InChI is InChI=1S/C28H29FN6O3.H2/c1-17-10-19(2-5-23(17)28(36)33-21-3-4-21)24-16-32-35-25(31-13-18-6-8-37-9-7-18)12-26(34-27(24)35)38-22-11-20(29)14-30-15-22;/h2,5,10-12,14-16,18,21,31H,3-4,6-9,13H2,1H3,(H,33,36);1H. The summed E-state index contributed by atoms with van der Waals surface area (Å²) >= 11 is 0. The van der Waals surface area contributed by atoms with Crippen LogP contribution in [0.2, 0.25) is 0 Å². The molecule has 1 aromatic carbocycles. The third-order valence-corrected chi connectivity index (χ3v) is 6.96. The molecule has 4 aromatic rings. The van der Waals surface area contributed by atoms with Gasteiger partial charge in [0.25, 0.3) is 5.91 Å². The topological polar surface area (TPSA) is 103 Å². The van der Waals surface area contributed by atoms with Crippen LogP contribution in [-0.4, -0.2) is 51.3 Å². The summed E-state index contributed by atoms with van der Waals surface area (Å²) in [6.45, 7) is 4.21. The lowest BCUT2D eigenvalue weighted by atomic mass is 10.0. The zero-order valence-corrected chi connectivity index (χ0v) is 21.1. The molecule has 9 nitrogen and oxygen atoms in total. The highest BCUT2D eigenvalue weighted by Crippen LogP contribution is 2.31. The number of hydrogen-bond acceptors (Lipinski definition) is 7. The number of benzene rings is 1. The Morgan fingerprint density at radius 1 is 1.16 bits per heavy atom. The van der Waals surface area contributed by atoms with Crippen molar-refractivity contribution >= 4 is 17.4 Å². The van der Waals surface area contributed by atoms with E-state index >= 15 is 0 Å². The van der Waals surface area contributed by atoms with Gasteiger partial charge in [0, 0.05) is 50.5 Å². The van der Waals surface area contributed by atoms with E-state index in [1.807, 2.05) is 25.1 Å². The maximum Gasteiger partial charge on any atom is 0.251 e. The fourth-order valence-electron chi connectivity index (χ4n) is 4.67. The lowest BCUT2D eigenvalue weighted by Gasteiger charge is -2.22. The molecule has 1 aliphatic heterocycles. The van der Waals surface area contributed by atoms with Gasteiger partial charge in [0.05, 0.1) is 18.6 Å². The number of anilines is 1. The number of carbonyl (C=O) groups is 1. The number of pyridine rings is 1. The minimum Gasteiger partial charge on any atom is -0.437 e. The number of aryl methyl sites for hydroxylation is 1. The first-order chi connectivity index (χ1) is 18.5. The number of rotatable bonds is 8. The van der Waals surface area contributed by atoms with Crippen molar-refractivity contribution in [2.45, 2.75) is 38.6 Å². The summed E-state index contributed by atoms with van der Waals surface area (Å²) in [5.41, 5.74) is 3.78. The molecule has 6 rings (SSSR count). The van der Waals surface area contributed by atoms with Crippen LogP contribution in [0.25, 0.3) is 16.8 Å². The Balaban J connectivity index is 0.00000308. The summed E-state index contributed by atoms with van der Waals surface area (Å²) in [7, 11) is 0. The van der Waals surface area contributed by atoms with Gasteiger partial charge in [-0.1, -0.05) is 12.1 Å². The molecule has 1 amide bonds. The van der Waals surface area contributed by atoms with Gasteiger partial charge in [-0.3, -0.25) is 9.78 Å². The molecule has 1 aliphatic carbocycles. The van der Waals surface area contributed by atoms with Gasteiger partial charge in [0.2, 0.25) is 5.88 Å². The number of fused-ring (bicyclic) bond motifs is 1. The normalized spacial score (nSPS) is 15.9. The van der Waals surface area contributed by atoms with Crippen LogP contribution < -0.4 is 15.4 Å². The van der Waals surface area contributed by atoms with Crippen LogP contribution in [0, 0.1) is 18.7 Å². The molecular weight excluding hydrogens is 487 g/mol. The molecule has 198 valence electrons. The molecule has 0 atom stereocenters. The van der Waals surface area contributed by atoms with Crippen molar-refractivity contribution in [3.8, 4) is 22.8 Å². The molecular formula is C28H31FN6O3. The summed E-state index contributed by atoms with van der Waals surface area (Å²) < 4.78 is 26.9. The van der Waals surface area contributed by atoms with Gasteiger partial charge in [-0.05, 0) is 55.7 Å². The SMILES string of the molecule is Cc1cc(-c2cnn3c(NCC4CCOCC4)cc(Oc4cncc(F)c4)nc23)ccc1C(=O)NC1CC1.[HH]. The highest BCUT2D eigenvalue weighted by molar-refractivity contribution is 5.97. The van der Waals surface area contributed by atoms with E-state index < -0.39 is 5.82 Å². The Labute approximate surface area is 220 Å². The molecule has 1 saturated heterocycles. The quantitative estimate of drug-likeness (QED) is 0.338. The summed E-state index contributed by atoms with van der Waals surface area (Å²) in [6.07, 6.45) is 8.38. The van der Waals surface area contributed by atoms with Crippen molar-refractivity contribution in [2.75, 3.05) is 25.1 Å². The van der Waals surface area contributed by atoms with E-state index in [1.54, 1.807) is 16.8 Å². The molecule has 2 aliphatic rings. The molecule has 0 unspecified atom stereocenters. The molecule has 2 N–H and O–H groups in total. The second-order valence-electron chi connectivity index (χ2n) is 9.93. The Morgan fingerprint density at radius 2 is 2.00 bits per heavy atom. The maximum absolute atomic E-state index is 13.7. The molecule has 0 bridgehead atoms. The van der Waals surface area contributed by atoms with Crippen molar-refractivity contribution in [3.63, 3.8) is 0 Å². The van der Waals surface area contributed by atoms with E-state index in [-0.39, 0.29) is 13.1 Å².